The minimum absolute atomic E-state index is 0.107. The first kappa shape index (κ1) is 17.0. The van der Waals surface area contributed by atoms with Crippen molar-refractivity contribution in [1.29, 1.82) is 0 Å². The van der Waals surface area contributed by atoms with Gasteiger partial charge in [-0.1, -0.05) is 64.7 Å². The molecule has 1 aliphatic rings. The molecule has 2 nitrogen and oxygen atoms in total. The molecule has 0 aromatic carbocycles. The monoisotopic (exact) mass is 269 g/mol. The number of ether oxygens (including phenoxy) is 1. The molecule has 0 saturated heterocycles. The van der Waals surface area contributed by atoms with Crippen LogP contribution < -0.4 is 5.32 Å². The summed E-state index contributed by atoms with van der Waals surface area (Å²) in [4.78, 5) is 0. The van der Waals surface area contributed by atoms with E-state index >= 15 is 0 Å². The van der Waals surface area contributed by atoms with E-state index in [9.17, 15) is 0 Å². The molecule has 0 aliphatic heterocycles. The Morgan fingerprint density at radius 2 is 1.63 bits per heavy atom. The smallest absolute Gasteiger partial charge is 0.0830 e. The van der Waals surface area contributed by atoms with Crippen LogP contribution >= 0.6 is 0 Å². The second-order valence-corrected chi connectivity index (χ2v) is 6.23. The fourth-order valence-electron chi connectivity index (χ4n) is 3.64. The van der Waals surface area contributed by atoms with Crippen LogP contribution in [-0.2, 0) is 4.74 Å². The Balaban J connectivity index is 2.44. The third kappa shape index (κ3) is 5.43. The van der Waals surface area contributed by atoms with E-state index in [4.69, 9.17) is 4.74 Å². The summed E-state index contributed by atoms with van der Waals surface area (Å²) < 4.78 is 6.03. The molecule has 2 heteroatoms. The van der Waals surface area contributed by atoms with E-state index in [0.29, 0.717) is 6.04 Å². The van der Waals surface area contributed by atoms with Gasteiger partial charge in [-0.05, 0) is 26.3 Å². The van der Waals surface area contributed by atoms with E-state index in [2.05, 4.69) is 19.3 Å². The van der Waals surface area contributed by atoms with Crippen LogP contribution in [0.2, 0.25) is 0 Å². The van der Waals surface area contributed by atoms with Crippen molar-refractivity contribution >= 4 is 0 Å². The molecule has 0 aromatic heterocycles. The van der Waals surface area contributed by atoms with E-state index in [1.807, 2.05) is 7.11 Å². The largest absolute Gasteiger partial charge is 0.377 e. The summed E-state index contributed by atoms with van der Waals surface area (Å²) in [5, 5.41) is 3.56. The Morgan fingerprint density at radius 1 is 1.00 bits per heavy atom. The third-order valence-electron chi connectivity index (χ3n) is 4.94. The highest BCUT2D eigenvalue weighted by atomic mass is 16.5. The molecule has 19 heavy (non-hydrogen) atoms. The summed E-state index contributed by atoms with van der Waals surface area (Å²) >= 11 is 0. The quantitative estimate of drug-likeness (QED) is 0.485. The number of unbranched alkanes of at least 4 members (excludes halogenated alkanes) is 4. The van der Waals surface area contributed by atoms with Crippen molar-refractivity contribution in [2.75, 3.05) is 14.2 Å². The number of likely N-dealkylation sites (N-methyl/N-ethyl adjacent to an activating group) is 1. The topological polar surface area (TPSA) is 21.3 Å². The highest BCUT2D eigenvalue weighted by Gasteiger charge is 2.37. The van der Waals surface area contributed by atoms with Gasteiger partial charge in [0, 0.05) is 13.2 Å². The minimum Gasteiger partial charge on any atom is -0.377 e. The van der Waals surface area contributed by atoms with Gasteiger partial charge in [0.25, 0.3) is 0 Å². The highest BCUT2D eigenvalue weighted by molar-refractivity contribution is 4.93. The molecule has 1 fully saturated rings. The second-order valence-electron chi connectivity index (χ2n) is 6.23. The van der Waals surface area contributed by atoms with Crippen LogP contribution in [0, 0.1) is 0 Å². The average molecular weight is 269 g/mol. The number of nitrogens with one attached hydrogen (secondary N) is 1. The van der Waals surface area contributed by atoms with Gasteiger partial charge >= 0.3 is 0 Å². The Kier molecular flexibility index (Phi) is 8.72. The highest BCUT2D eigenvalue weighted by Crippen LogP contribution is 2.34. The van der Waals surface area contributed by atoms with Crippen molar-refractivity contribution in [3.63, 3.8) is 0 Å². The molecule has 1 aliphatic carbocycles. The van der Waals surface area contributed by atoms with Crippen LogP contribution in [0.5, 0.6) is 0 Å². The van der Waals surface area contributed by atoms with E-state index in [0.717, 1.165) is 0 Å². The molecule has 114 valence electrons. The summed E-state index contributed by atoms with van der Waals surface area (Å²) in [6.45, 7) is 2.28. The van der Waals surface area contributed by atoms with Crippen LogP contribution in [0.15, 0.2) is 0 Å². The van der Waals surface area contributed by atoms with Gasteiger partial charge in [0.05, 0.1) is 5.60 Å². The number of hydrogen-bond acceptors (Lipinski definition) is 2. The molecule has 0 amide bonds. The SMILES string of the molecule is CCCCCCCC(NC)C1(OC)CCCCCC1. The van der Waals surface area contributed by atoms with Gasteiger partial charge in [0.15, 0.2) is 0 Å². The minimum atomic E-state index is 0.107. The number of methoxy groups -OCH3 is 1. The molecule has 1 rings (SSSR count). The van der Waals surface area contributed by atoms with Crippen LogP contribution in [-0.4, -0.2) is 25.8 Å². The zero-order valence-electron chi connectivity index (χ0n) is 13.5. The maximum Gasteiger partial charge on any atom is 0.0830 e. The first-order chi connectivity index (χ1) is 9.29. The van der Waals surface area contributed by atoms with Gasteiger partial charge in [-0.25, -0.2) is 0 Å². The Bertz CT molecular complexity index is 209. The predicted octanol–water partition coefficient (Wildman–Crippen LogP) is 4.67. The molecule has 0 spiro atoms. The zero-order valence-corrected chi connectivity index (χ0v) is 13.5. The summed E-state index contributed by atoms with van der Waals surface area (Å²) in [5.41, 5.74) is 0.107. The Hall–Kier alpha value is -0.0800. The maximum absolute atomic E-state index is 6.03. The van der Waals surface area contributed by atoms with Gasteiger partial charge in [0.2, 0.25) is 0 Å². The van der Waals surface area contributed by atoms with Crippen LogP contribution in [0.4, 0.5) is 0 Å². The lowest BCUT2D eigenvalue weighted by atomic mass is 9.83. The molecular formula is C17H35NO. The van der Waals surface area contributed by atoms with Gasteiger partial charge < -0.3 is 10.1 Å². The molecule has 0 radical (unpaired) electrons. The molecule has 0 heterocycles. The zero-order chi connectivity index (χ0) is 14.0. The lowest BCUT2D eigenvalue weighted by Gasteiger charge is -2.39. The van der Waals surface area contributed by atoms with E-state index in [1.54, 1.807) is 0 Å². The number of hydrogen-bond donors (Lipinski definition) is 1. The first-order valence-electron chi connectivity index (χ1n) is 8.51. The summed E-state index contributed by atoms with van der Waals surface area (Å²) in [6.07, 6.45) is 16.0. The van der Waals surface area contributed by atoms with Gasteiger partial charge in [-0.15, -0.1) is 0 Å². The van der Waals surface area contributed by atoms with Crippen molar-refractivity contribution in [3.05, 3.63) is 0 Å². The third-order valence-corrected chi connectivity index (χ3v) is 4.94. The molecular weight excluding hydrogens is 234 g/mol. The lowest BCUT2D eigenvalue weighted by Crippen LogP contribution is -2.50. The predicted molar refractivity (Wildman–Crippen MR) is 83.7 cm³/mol. The van der Waals surface area contributed by atoms with Crippen molar-refractivity contribution in [2.45, 2.75) is 95.6 Å². The molecule has 1 atom stereocenters. The fourth-order valence-corrected chi connectivity index (χ4v) is 3.64. The van der Waals surface area contributed by atoms with Gasteiger partial charge in [-0.3, -0.25) is 0 Å². The van der Waals surface area contributed by atoms with Gasteiger partial charge in [-0.2, -0.15) is 0 Å². The lowest BCUT2D eigenvalue weighted by molar-refractivity contribution is -0.0535. The van der Waals surface area contributed by atoms with E-state index in [-0.39, 0.29) is 5.60 Å². The number of rotatable bonds is 9. The maximum atomic E-state index is 6.03. The van der Waals surface area contributed by atoms with Crippen LogP contribution in [0.3, 0.4) is 0 Å². The van der Waals surface area contributed by atoms with Crippen LogP contribution in [0.1, 0.15) is 84.0 Å². The van der Waals surface area contributed by atoms with Crippen molar-refractivity contribution in [2.24, 2.45) is 0 Å². The second kappa shape index (κ2) is 9.77. The fraction of sp³-hybridized carbons (Fsp3) is 1.00. The molecule has 1 N–H and O–H groups in total. The summed E-state index contributed by atoms with van der Waals surface area (Å²) in [6, 6.07) is 0.539. The Morgan fingerprint density at radius 3 is 2.16 bits per heavy atom. The van der Waals surface area contributed by atoms with E-state index < -0.39 is 0 Å². The first-order valence-corrected chi connectivity index (χ1v) is 8.51. The standard InChI is InChI=1S/C17H35NO/c1-4-5-6-7-10-13-16(18-2)17(19-3)14-11-8-9-12-15-17/h16,18H,4-15H2,1-3H3. The normalized spacial score (nSPS) is 21.0. The molecule has 1 unspecified atom stereocenters. The molecule has 0 aromatic rings. The van der Waals surface area contributed by atoms with Crippen LogP contribution in [0.25, 0.3) is 0 Å². The average Bonchev–Trinajstić information content (AvgIpc) is 2.69. The van der Waals surface area contributed by atoms with Crippen molar-refractivity contribution < 1.29 is 4.74 Å². The molecule has 1 saturated carbocycles. The summed E-state index contributed by atoms with van der Waals surface area (Å²) in [7, 11) is 4.04. The van der Waals surface area contributed by atoms with Gasteiger partial charge in [0.1, 0.15) is 0 Å². The molecule has 0 bridgehead atoms. The Labute approximate surface area is 120 Å². The van der Waals surface area contributed by atoms with E-state index in [1.165, 1.54) is 77.0 Å². The van der Waals surface area contributed by atoms with Crippen molar-refractivity contribution in [1.82, 2.24) is 5.32 Å². The summed E-state index contributed by atoms with van der Waals surface area (Å²) in [5.74, 6) is 0. The van der Waals surface area contributed by atoms with Crippen molar-refractivity contribution in [3.8, 4) is 0 Å².